The van der Waals surface area contributed by atoms with Crippen molar-refractivity contribution in [3.63, 3.8) is 0 Å². The monoisotopic (exact) mass is 160 g/mol. The third-order valence-corrected chi connectivity index (χ3v) is 1.24. The van der Waals surface area contributed by atoms with Crippen LogP contribution in [0.25, 0.3) is 0 Å². The van der Waals surface area contributed by atoms with Gasteiger partial charge in [0.2, 0.25) is 0 Å². The smallest absolute Gasteiger partial charge is 0.0256 e. The predicted octanol–water partition coefficient (Wildman–Crippen LogP) is 2.51. The molecule has 2 N–H and O–H groups in total. The van der Waals surface area contributed by atoms with Crippen molar-refractivity contribution in [2.75, 3.05) is 0 Å². The molecule has 0 spiro atoms. The molecule has 0 rings (SSSR count). The SMILES string of the molecule is C=C/C=C(C=N)\C(C=N)=C/C=C. The maximum Gasteiger partial charge on any atom is 0.0256 e. The van der Waals surface area contributed by atoms with E-state index >= 15 is 0 Å². The summed E-state index contributed by atoms with van der Waals surface area (Å²) in [6.45, 7) is 7.03. The average molecular weight is 160 g/mol. The Hall–Kier alpha value is -1.70. The van der Waals surface area contributed by atoms with Crippen LogP contribution < -0.4 is 0 Å². The summed E-state index contributed by atoms with van der Waals surface area (Å²) in [5.74, 6) is 0. The third-order valence-electron chi connectivity index (χ3n) is 1.24. The molecule has 2 heteroatoms. The highest BCUT2D eigenvalue weighted by atomic mass is 14.4. The average Bonchev–Trinajstić information content (AvgIpc) is 2.11. The molecule has 0 aromatic rings. The molecule has 0 amide bonds. The van der Waals surface area contributed by atoms with Crippen molar-refractivity contribution >= 4 is 12.4 Å². The van der Waals surface area contributed by atoms with Gasteiger partial charge in [0.25, 0.3) is 0 Å². The summed E-state index contributed by atoms with van der Waals surface area (Å²) in [5.41, 5.74) is 1.31. The van der Waals surface area contributed by atoms with Crippen molar-refractivity contribution in [3.8, 4) is 0 Å². The van der Waals surface area contributed by atoms with Crippen LogP contribution in [0.2, 0.25) is 0 Å². The van der Waals surface area contributed by atoms with Crippen molar-refractivity contribution in [3.05, 3.63) is 48.6 Å². The van der Waals surface area contributed by atoms with E-state index in [2.05, 4.69) is 13.2 Å². The zero-order chi connectivity index (χ0) is 9.40. The van der Waals surface area contributed by atoms with E-state index < -0.39 is 0 Å². The summed E-state index contributed by atoms with van der Waals surface area (Å²) >= 11 is 0. The Balaban J connectivity index is 4.91. The second-order valence-electron chi connectivity index (χ2n) is 2.00. The molecule has 0 heterocycles. The molecule has 0 radical (unpaired) electrons. The van der Waals surface area contributed by atoms with Crippen LogP contribution in [-0.2, 0) is 0 Å². The van der Waals surface area contributed by atoms with E-state index in [-0.39, 0.29) is 0 Å². The highest BCUT2D eigenvalue weighted by molar-refractivity contribution is 5.96. The summed E-state index contributed by atoms with van der Waals surface area (Å²) in [5, 5.41) is 14.1. The number of hydrogen-bond acceptors (Lipinski definition) is 2. The molecule has 0 unspecified atom stereocenters. The Morgan fingerprint density at radius 1 is 0.833 bits per heavy atom. The van der Waals surface area contributed by atoms with Gasteiger partial charge in [-0.1, -0.05) is 37.5 Å². The number of hydrogen-bond donors (Lipinski definition) is 2. The van der Waals surface area contributed by atoms with Crippen LogP contribution in [0.15, 0.2) is 48.6 Å². The molecule has 0 bridgehead atoms. The molecule has 0 atom stereocenters. The molecule has 0 fully saturated rings. The van der Waals surface area contributed by atoms with Crippen molar-refractivity contribution < 1.29 is 0 Å². The summed E-state index contributed by atoms with van der Waals surface area (Å²) < 4.78 is 0. The Morgan fingerprint density at radius 2 is 1.17 bits per heavy atom. The lowest BCUT2D eigenvalue weighted by Gasteiger charge is -1.97. The van der Waals surface area contributed by atoms with Gasteiger partial charge in [0.15, 0.2) is 0 Å². The molecule has 0 saturated heterocycles. The highest BCUT2D eigenvalue weighted by Gasteiger charge is 1.95. The molecule has 2 nitrogen and oxygen atoms in total. The maximum atomic E-state index is 7.06. The van der Waals surface area contributed by atoms with Gasteiger partial charge in [0.1, 0.15) is 0 Å². The zero-order valence-electron chi connectivity index (χ0n) is 6.88. The normalized spacial score (nSPS) is 12.0. The van der Waals surface area contributed by atoms with E-state index in [0.717, 1.165) is 0 Å². The number of nitrogens with one attached hydrogen (secondary N) is 2. The first kappa shape index (κ1) is 10.3. The minimum Gasteiger partial charge on any atom is -0.308 e. The zero-order valence-corrected chi connectivity index (χ0v) is 6.88. The van der Waals surface area contributed by atoms with E-state index in [0.29, 0.717) is 11.1 Å². The van der Waals surface area contributed by atoms with Gasteiger partial charge in [0, 0.05) is 23.6 Å². The largest absolute Gasteiger partial charge is 0.308 e. The first-order chi connectivity index (χ1) is 5.79. The molecule has 0 aliphatic heterocycles. The highest BCUT2D eigenvalue weighted by Crippen LogP contribution is 2.04. The van der Waals surface area contributed by atoms with Crippen LogP contribution in [0, 0.1) is 10.8 Å². The molecule has 0 aliphatic carbocycles. The summed E-state index contributed by atoms with van der Waals surface area (Å²) in [4.78, 5) is 0. The van der Waals surface area contributed by atoms with Crippen molar-refractivity contribution in [1.82, 2.24) is 0 Å². The molecule has 0 aromatic carbocycles. The molecule has 0 saturated carbocycles. The van der Waals surface area contributed by atoms with Crippen LogP contribution in [-0.4, -0.2) is 12.4 Å². The van der Waals surface area contributed by atoms with Gasteiger partial charge >= 0.3 is 0 Å². The van der Waals surface area contributed by atoms with Gasteiger partial charge in [-0.15, -0.1) is 0 Å². The lowest BCUT2D eigenvalue weighted by Crippen LogP contribution is -1.90. The fourth-order valence-corrected chi connectivity index (χ4v) is 0.709. The Morgan fingerprint density at radius 3 is 1.33 bits per heavy atom. The third kappa shape index (κ3) is 2.92. The van der Waals surface area contributed by atoms with E-state index in [1.165, 1.54) is 12.4 Å². The lowest BCUT2D eigenvalue weighted by atomic mass is 10.1. The maximum absolute atomic E-state index is 7.06. The summed E-state index contributed by atoms with van der Waals surface area (Å²) in [6.07, 6.45) is 8.88. The second-order valence-corrected chi connectivity index (χ2v) is 2.00. The van der Waals surface area contributed by atoms with E-state index in [9.17, 15) is 0 Å². The predicted molar refractivity (Wildman–Crippen MR) is 54.1 cm³/mol. The van der Waals surface area contributed by atoms with E-state index in [1.54, 1.807) is 24.3 Å². The van der Waals surface area contributed by atoms with Crippen LogP contribution in [0.5, 0.6) is 0 Å². The van der Waals surface area contributed by atoms with E-state index in [1.807, 2.05) is 0 Å². The number of allylic oxidation sites excluding steroid dienone is 6. The topological polar surface area (TPSA) is 47.7 Å². The quantitative estimate of drug-likeness (QED) is 0.458. The molecule has 0 aromatic heterocycles. The van der Waals surface area contributed by atoms with Crippen LogP contribution in [0.3, 0.4) is 0 Å². The van der Waals surface area contributed by atoms with Gasteiger partial charge in [0.05, 0.1) is 0 Å². The second kappa shape index (κ2) is 6.04. The summed E-state index contributed by atoms with van der Waals surface area (Å²) in [7, 11) is 0. The van der Waals surface area contributed by atoms with Gasteiger partial charge < -0.3 is 10.8 Å². The Labute approximate surface area is 72.6 Å². The van der Waals surface area contributed by atoms with Crippen LogP contribution in [0.4, 0.5) is 0 Å². The van der Waals surface area contributed by atoms with Crippen LogP contribution >= 0.6 is 0 Å². The van der Waals surface area contributed by atoms with Gasteiger partial charge in [-0.05, 0) is 0 Å². The first-order valence-corrected chi connectivity index (χ1v) is 3.47. The number of rotatable bonds is 5. The first-order valence-electron chi connectivity index (χ1n) is 3.47. The Kier molecular flexibility index (Phi) is 5.18. The molecular formula is C10H12N2. The molecule has 12 heavy (non-hydrogen) atoms. The molecular weight excluding hydrogens is 148 g/mol. The molecule has 0 aliphatic rings. The van der Waals surface area contributed by atoms with Crippen molar-refractivity contribution in [2.24, 2.45) is 0 Å². The van der Waals surface area contributed by atoms with Gasteiger partial charge in [-0.3, -0.25) is 0 Å². The fraction of sp³-hybridized carbons (Fsp3) is 0. The van der Waals surface area contributed by atoms with Crippen molar-refractivity contribution in [2.45, 2.75) is 0 Å². The fourth-order valence-electron chi connectivity index (χ4n) is 0.709. The van der Waals surface area contributed by atoms with E-state index in [4.69, 9.17) is 10.8 Å². The minimum atomic E-state index is 0.653. The van der Waals surface area contributed by atoms with Gasteiger partial charge in [-0.25, -0.2) is 0 Å². The Bertz CT molecular complexity index is 229. The minimum absolute atomic E-state index is 0.653. The summed E-state index contributed by atoms with van der Waals surface area (Å²) in [6, 6.07) is 0. The standard InChI is InChI=1S/C10H12N2/c1-3-5-9(7-11)10(8-12)6-4-2/h3-8,11-12H,1-2H2/b9-5-,10-6-,11-7?,12-8?. The van der Waals surface area contributed by atoms with Crippen molar-refractivity contribution in [1.29, 1.82) is 10.8 Å². The lowest BCUT2D eigenvalue weighted by molar-refractivity contribution is 1.51. The van der Waals surface area contributed by atoms with Gasteiger partial charge in [-0.2, -0.15) is 0 Å². The van der Waals surface area contributed by atoms with Crippen LogP contribution in [0.1, 0.15) is 0 Å². The molecule has 62 valence electrons.